The molecule has 0 bridgehead atoms. The van der Waals surface area contributed by atoms with Gasteiger partial charge in [0.05, 0.1) is 27.6 Å². The number of hydrogen-bond donors (Lipinski definition) is 0. The van der Waals surface area contributed by atoms with Gasteiger partial charge in [0.1, 0.15) is 5.82 Å². The Hall–Kier alpha value is -6.07. The Labute approximate surface area is 258 Å². The van der Waals surface area contributed by atoms with Crippen molar-refractivity contribution in [3.8, 4) is 28.5 Å². The molecule has 0 atom stereocenters. The van der Waals surface area contributed by atoms with Gasteiger partial charge >= 0.3 is 0 Å². The first-order valence-corrected chi connectivity index (χ1v) is 15.2. The second-order valence-electron chi connectivity index (χ2n) is 11.7. The van der Waals surface area contributed by atoms with Crippen LogP contribution in [0.5, 0.6) is 0 Å². The highest BCUT2D eigenvalue weighted by atomic mass is 15.2. The summed E-state index contributed by atoms with van der Waals surface area (Å²) in [5.41, 5.74) is 9.17. The van der Waals surface area contributed by atoms with Gasteiger partial charge in [0.15, 0.2) is 5.82 Å². The van der Waals surface area contributed by atoms with Crippen LogP contribution in [0, 0.1) is 6.92 Å². The van der Waals surface area contributed by atoms with Gasteiger partial charge in [-0.3, -0.25) is 4.57 Å². The van der Waals surface area contributed by atoms with Gasteiger partial charge in [-0.2, -0.15) is 9.97 Å². The number of fused-ring (bicyclic) bond motifs is 9. The zero-order valence-corrected chi connectivity index (χ0v) is 24.4. The molecule has 5 nitrogen and oxygen atoms in total. The molecular weight excluding hydrogens is 550 g/mol. The number of aryl methyl sites for hydroxylation is 1. The van der Waals surface area contributed by atoms with E-state index < -0.39 is 0 Å². The highest BCUT2D eigenvalue weighted by Gasteiger charge is 2.22. The lowest BCUT2D eigenvalue weighted by molar-refractivity contribution is 0.907. The quantitative estimate of drug-likeness (QED) is 0.211. The van der Waals surface area contributed by atoms with E-state index in [2.05, 4.69) is 112 Å². The summed E-state index contributed by atoms with van der Waals surface area (Å²) in [6, 6.07) is 47.5. The Morgan fingerprint density at radius 2 is 1.02 bits per heavy atom. The van der Waals surface area contributed by atoms with Crippen molar-refractivity contribution in [3.63, 3.8) is 0 Å². The van der Waals surface area contributed by atoms with Gasteiger partial charge in [-0.15, -0.1) is 0 Å². The van der Waals surface area contributed by atoms with E-state index in [1.807, 2.05) is 37.3 Å². The van der Waals surface area contributed by atoms with Crippen molar-refractivity contribution in [2.45, 2.75) is 6.92 Å². The summed E-state index contributed by atoms with van der Waals surface area (Å²) in [7, 11) is 0. The fraction of sp³-hybridized carbons (Fsp3) is 0.0250. The Morgan fingerprint density at radius 1 is 0.444 bits per heavy atom. The van der Waals surface area contributed by atoms with Crippen LogP contribution < -0.4 is 0 Å². The molecule has 10 aromatic rings. The van der Waals surface area contributed by atoms with E-state index in [1.54, 1.807) is 0 Å². The number of aromatic nitrogens is 5. The summed E-state index contributed by atoms with van der Waals surface area (Å²) in [5.74, 6) is 1.97. The van der Waals surface area contributed by atoms with Crippen LogP contribution in [0.1, 0.15) is 5.82 Å². The molecule has 0 saturated heterocycles. The number of benzene rings is 6. The molecule has 0 aliphatic heterocycles. The molecule has 0 aliphatic rings. The SMILES string of the molecule is Cc1nc(-c2ccccc2)nc(-n2c3ccccc3c3cccc(-c4cc5c6ccccc6n6c7ccccc7c(c4)c56)c32)n1. The molecule has 10 rings (SSSR count). The lowest BCUT2D eigenvalue weighted by atomic mass is 9.97. The summed E-state index contributed by atoms with van der Waals surface area (Å²) >= 11 is 0. The molecule has 0 saturated carbocycles. The summed E-state index contributed by atoms with van der Waals surface area (Å²) < 4.78 is 4.65. The molecule has 0 aliphatic carbocycles. The fourth-order valence-corrected chi connectivity index (χ4v) is 7.35. The molecule has 0 N–H and O–H groups in total. The number of hydrogen-bond acceptors (Lipinski definition) is 3. The molecule has 0 spiro atoms. The van der Waals surface area contributed by atoms with Gasteiger partial charge < -0.3 is 4.40 Å². The van der Waals surface area contributed by atoms with E-state index >= 15 is 0 Å². The Kier molecular flexibility index (Phi) is 4.86. The average molecular weight is 576 g/mol. The van der Waals surface area contributed by atoms with Crippen LogP contribution in [-0.2, 0) is 0 Å². The number of rotatable bonds is 3. The molecule has 4 aromatic heterocycles. The third kappa shape index (κ3) is 3.35. The fourth-order valence-electron chi connectivity index (χ4n) is 7.35. The van der Waals surface area contributed by atoms with Crippen LogP contribution in [0.25, 0.3) is 88.4 Å². The molecule has 0 radical (unpaired) electrons. The van der Waals surface area contributed by atoms with Crippen molar-refractivity contribution in [1.82, 2.24) is 23.9 Å². The van der Waals surface area contributed by atoms with E-state index in [4.69, 9.17) is 15.0 Å². The van der Waals surface area contributed by atoms with Crippen molar-refractivity contribution in [2.24, 2.45) is 0 Å². The lowest BCUT2D eigenvalue weighted by Crippen LogP contribution is -2.06. The monoisotopic (exact) mass is 575 g/mol. The molecule has 0 amide bonds. The molecule has 0 unspecified atom stereocenters. The molecule has 6 aromatic carbocycles. The van der Waals surface area contributed by atoms with E-state index in [1.165, 1.54) is 54.4 Å². The van der Waals surface area contributed by atoms with Gasteiger partial charge in [-0.05, 0) is 42.8 Å². The Bertz CT molecular complexity index is 2690. The smallest absolute Gasteiger partial charge is 0.238 e. The van der Waals surface area contributed by atoms with Crippen molar-refractivity contribution in [2.75, 3.05) is 0 Å². The Balaban J connectivity index is 1.34. The zero-order chi connectivity index (χ0) is 29.6. The van der Waals surface area contributed by atoms with Crippen LogP contribution in [-0.4, -0.2) is 23.9 Å². The predicted octanol–water partition coefficient (Wildman–Crippen LogP) is 9.76. The van der Waals surface area contributed by atoms with Crippen LogP contribution in [0.15, 0.2) is 133 Å². The average Bonchev–Trinajstić information content (AvgIpc) is 3.73. The van der Waals surface area contributed by atoms with Crippen molar-refractivity contribution in [3.05, 3.63) is 139 Å². The normalized spacial score (nSPS) is 12.1. The molecule has 45 heavy (non-hydrogen) atoms. The minimum absolute atomic E-state index is 0.618. The highest BCUT2D eigenvalue weighted by Crippen LogP contribution is 2.44. The number of para-hydroxylation sites is 4. The zero-order valence-electron chi connectivity index (χ0n) is 24.4. The van der Waals surface area contributed by atoms with Crippen LogP contribution in [0.4, 0.5) is 0 Å². The van der Waals surface area contributed by atoms with E-state index in [9.17, 15) is 0 Å². The third-order valence-electron chi connectivity index (χ3n) is 9.18. The summed E-state index contributed by atoms with van der Waals surface area (Å²) in [5, 5.41) is 7.38. The Morgan fingerprint density at radius 3 is 1.71 bits per heavy atom. The first-order chi connectivity index (χ1) is 22.2. The minimum Gasteiger partial charge on any atom is -0.308 e. The molecule has 210 valence electrons. The topological polar surface area (TPSA) is 48.0 Å². The summed E-state index contributed by atoms with van der Waals surface area (Å²) in [4.78, 5) is 14.7. The maximum absolute atomic E-state index is 5.07. The molecular formula is C40H25N5. The van der Waals surface area contributed by atoms with Crippen molar-refractivity contribution >= 4 is 59.9 Å². The molecule has 5 heteroatoms. The van der Waals surface area contributed by atoms with Gasteiger partial charge in [0, 0.05) is 43.4 Å². The lowest BCUT2D eigenvalue weighted by Gasteiger charge is -2.12. The first kappa shape index (κ1) is 24.4. The minimum atomic E-state index is 0.618. The third-order valence-corrected chi connectivity index (χ3v) is 9.18. The first-order valence-electron chi connectivity index (χ1n) is 15.2. The maximum atomic E-state index is 5.07. The number of nitrogens with zero attached hydrogens (tertiary/aromatic N) is 5. The van der Waals surface area contributed by atoms with Crippen LogP contribution in [0.3, 0.4) is 0 Å². The van der Waals surface area contributed by atoms with Crippen LogP contribution >= 0.6 is 0 Å². The van der Waals surface area contributed by atoms with E-state index in [0.29, 0.717) is 17.6 Å². The van der Waals surface area contributed by atoms with Gasteiger partial charge in [0.2, 0.25) is 5.95 Å². The second-order valence-corrected chi connectivity index (χ2v) is 11.7. The van der Waals surface area contributed by atoms with Crippen LogP contribution in [0.2, 0.25) is 0 Å². The predicted molar refractivity (Wildman–Crippen MR) is 184 cm³/mol. The van der Waals surface area contributed by atoms with Crippen molar-refractivity contribution in [1.29, 1.82) is 0 Å². The standard InChI is InChI=1S/C40H25N5/c1-24-41-39(25-12-3-2-4-13-25)43-40(42-24)45-36-21-10-5-14-28(36)31-18-11-17-27(37(31)45)26-22-32-29-15-6-8-19-34(29)44-35-20-9-7-16-30(35)33(23-26)38(32)44/h2-23H,1H3. The maximum Gasteiger partial charge on any atom is 0.238 e. The van der Waals surface area contributed by atoms with Gasteiger partial charge in [-0.1, -0.05) is 103 Å². The molecule has 4 heterocycles. The van der Waals surface area contributed by atoms with E-state index in [0.717, 1.165) is 22.2 Å². The van der Waals surface area contributed by atoms with Gasteiger partial charge in [-0.25, -0.2) is 4.98 Å². The van der Waals surface area contributed by atoms with E-state index in [-0.39, 0.29) is 0 Å². The second kappa shape index (κ2) is 8.97. The largest absolute Gasteiger partial charge is 0.308 e. The summed E-state index contributed by atoms with van der Waals surface area (Å²) in [6.07, 6.45) is 0. The molecule has 0 fully saturated rings. The van der Waals surface area contributed by atoms with Gasteiger partial charge in [0.25, 0.3) is 0 Å². The summed E-state index contributed by atoms with van der Waals surface area (Å²) in [6.45, 7) is 1.94. The van der Waals surface area contributed by atoms with Crippen molar-refractivity contribution < 1.29 is 0 Å². The highest BCUT2D eigenvalue weighted by molar-refractivity contribution is 6.25.